The number of carbonyl (C=O) groups excluding carboxylic acids is 1. The highest BCUT2D eigenvalue weighted by Crippen LogP contribution is 2.21. The number of hydrogen-bond acceptors (Lipinski definition) is 4. The molecule has 8 nitrogen and oxygen atoms in total. The van der Waals surface area contributed by atoms with Crippen molar-refractivity contribution >= 4 is 16.8 Å². The maximum Gasteiger partial charge on any atom is 0.280 e. The lowest BCUT2D eigenvalue weighted by Crippen LogP contribution is -2.37. The van der Waals surface area contributed by atoms with Gasteiger partial charge in [0.1, 0.15) is 6.10 Å². The Morgan fingerprint density at radius 2 is 2.10 bits per heavy atom. The van der Waals surface area contributed by atoms with Gasteiger partial charge in [-0.1, -0.05) is 26.0 Å². The van der Waals surface area contributed by atoms with E-state index in [4.69, 9.17) is 0 Å². The van der Waals surface area contributed by atoms with E-state index in [1.807, 2.05) is 36.4 Å². The maximum absolute atomic E-state index is 13.0. The molecule has 3 heterocycles. The van der Waals surface area contributed by atoms with Crippen molar-refractivity contribution in [2.75, 3.05) is 0 Å². The molecule has 0 fully saturated rings. The number of rotatable bonds is 6. The summed E-state index contributed by atoms with van der Waals surface area (Å²) in [4.78, 5) is 32.3. The molecule has 0 aliphatic rings. The number of amides is 1. The zero-order chi connectivity index (χ0) is 21.3. The van der Waals surface area contributed by atoms with Crippen molar-refractivity contribution in [2.24, 2.45) is 5.92 Å². The molecule has 1 atom stereocenters. The van der Waals surface area contributed by atoms with Gasteiger partial charge in [-0.25, -0.2) is 4.68 Å². The molecule has 0 unspecified atom stereocenters. The van der Waals surface area contributed by atoms with Gasteiger partial charge in [-0.3, -0.25) is 19.7 Å². The van der Waals surface area contributed by atoms with Gasteiger partial charge in [0.05, 0.1) is 16.9 Å². The van der Waals surface area contributed by atoms with Crippen LogP contribution in [0.2, 0.25) is 0 Å². The third-order valence-corrected chi connectivity index (χ3v) is 5.02. The number of aromatic amines is 2. The number of fused-ring (bicyclic) bond motifs is 1. The smallest absolute Gasteiger partial charge is 0.280 e. The number of aromatic nitrogens is 4. The third-order valence-electron chi connectivity index (χ3n) is 5.02. The molecule has 4 N–H and O–H groups in total. The van der Waals surface area contributed by atoms with Crippen LogP contribution >= 0.6 is 0 Å². The second-order valence-corrected chi connectivity index (χ2v) is 7.55. The molecule has 30 heavy (non-hydrogen) atoms. The molecule has 0 aliphatic heterocycles. The number of nitrogens with zero attached hydrogens (tertiary/aromatic N) is 2. The van der Waals surface area contributed by atoms with E-state index < -0.39 is 12.0 Å². The van der Waals surface area contributed by atoms with Crippen LogP contribution in [0.5, 0.6) is 0 Å². The second kappa shape index (κ2) is 8.00. The van der Waals surface area contributed by atoms with Crippen molar-refractivity contribution in [3.05, 3.63) is 70.9 Å². The fourth-order valence-corrected chi connectivity index (χ4v) is 3.27. The lowest BCUT2D eigenvalue weighted by atomic mass is 10.1. The summed E-state index contributed by atoms with van der Waals surface area (Å²) in [5.74, 6) is -0.573. The molecule has 1 aromatic carbocycles. The summed E-state index contributed by atoms with van der Waals surface area (Å²) in [7, 11) is 0. The monoisotopic (exact) mass is 405 g/mol. The van der Waals surface area contributed by atoms with Crippen LogP contribution < -0.4 is 10.9 Å². The van der Waals surface area contributed by atoms with Gasteiger partial charge in [-0.15, -0.1) is 0 Å². The first-order valence-corrected chi connectivity index (χ1v) is 9.72. The highest BCUT2D eigenvalue weighted by Gasteiger charge is 2.18. The zero-order valence-corrected chi connectivity index (χ0v) is 16.7. The minimum Gasteiger partial charge on any atom is -0.383 e. The first kappa shape index (κ1) is 19.7. The van der Waals surface area contributed by atoms with Crippen LogP contribution in [0.3, 0.4) is 0 Å². The number of aliphatic hydroxyl groups excluding tert-OH is 1. The van der Waals surface area contributed by atoms with Gasteiger partial charge in [0.2, 0.25) is 5.91 Å². The fraction of sp³-hybridized carbons (Fsp3) is 0.227. The molecule has 4 rings (SSSR count). The molecule has 0 spiro atoms. The molecule has 0 saturated carbocycles. The van der Waals surface area contributed by atoms with Gasteiger partial charge < -0.3 is 15.4 Å². The van der Waals surface area contributed by atoms with Crippen molar-refractivity contribution in [1.29, 1.82) is 0 Å². The molecule has 4 aromatic rings. The van der Waals surface area contributed by atoms with Crippen molar-refractivity contribution in [1.82, 2.24) is 25.1 Å². The van der Waals surface area contributed by atoms with E-state index in [0.717, 1.165) is 16.5 Å². The maximum atomic E-state index is 13.0. The Balaban J connectivity index is 1.57. The Bertz CT molecular complexity index is 1220. The summed E-state index contributed by atoms with van der Waals surface area (Å²) in [6, 6.07) is 11.0. The molecule has 0 aliphatic carbocycles. The number of aliphatic hydroxyl groups is 1. The SMILES string of the molecule is CC(C)[C@@H](O)C(=O)NCc1cccc(-n2[nH]cc(-c3cc4cnccc4[nH]3)c2=O)c1. The van der Waals surface area contributed by atoms with Crippen LogP contribution in [0.4, 0.5) is 0 Å². The molecule has 154 valence electrons. The van der Waals surface area contributed by atoms with Gasteiger partial charge in [0.25, 0.3) is 5.56 Å². The summed E-state index contributed by atoms with van der Waals surface area (Å²) in [5.41, 5.74) is 3.42. The number of hydrogen-bond donors (Lipinski definition) is 4. The van der Waals surface area contributed by atoms with E-state index in [2.05, 4.69) is 20.4 Å². The van der Waals surface area contributed by atoms with E-state index in [0.29, 0.717) is 16.9 Å². The number of nitrogens with one attached hydrogen (secondary N) is 3. The van der Waals surface area contributed by atoms with E-state index >= 15 is 0 Å². The second-order valence-electron chi connectivity index (χ2n) is 7.55. The molecule has 3 aromatic heterocycles. The van der Waals surface area contributed by atoms with Crippen molar-refractivity contribution < 1.29 is 9.90 Å². The topological polar surface area (TPSA) is 116 Å². The lowest BCUT2D eigenvalue weighted by Gasteiger charge is -2.14. The molecule has 0 radical (unpaired) electrons. The normalized spacial score (nSPS) is 12.4. The molecule has 0 saturated heterocycles. The van der Waals surface area contributed by atoms with Crippen LogP contribution in [0, 0.1) is 5.92 Å². The minimum atomic E-state index is -1.05. The van der Waals surface area contributed by atoms with Crippen molar-refractivity contribution in [3.63, 3.8) is 0 Å². The Kier molecular flexibility index (Phi) is 5.24. The quantitative estimate of drug-likeness (QED) is 0.394. The van der Waals surface area contributed by atoms with Gasteiger partial charge in [0.15, 0.2) is 0 Å². The average Bonchev–Trinajstić information content (AvgIpc) is 3.34. The Hall–Kier alpha value is -3.65. The van der Waals surface area contributed by atoms with Crippen molar-refractivity contribution in [2.45, 2.75) is 26.5 Å². The number of pyridine rings is 1. The lowest BCUT2D eigenvalue weighted by molar-refractivity contribution is -0.131. The number of carbonyl (C=O) groups is 1. The summed E-state index contributed by atoms with van der Waals surface area (Å²) in [6.07, 6.45) is 4.05. The van der Waals surface area contributed by atoms with E-state index in [1.54, 1.807) is 32.4 Å². The summed E-state index contributed by atoms with van der Waals surface area (Å²) in [6.45, 7) is 3.82. The van der Waals surface area contributed by atoms with Crippen LogP contribution in [-0.2, 0) is 11.3 Å². The van der Waals surface area contributed by atoms with Gasteiger partial charge in [0, 0.05) is 36.0 Å². The Morgan fingerprint density at radius 3 is 2.87 bits per heavy atom. The highest BCUT2D eigenvalue weighted by atomic mass is 16.3. The molecular formula is C22H23N5O3. The summed E-state index contributed by atoms with van der Waals surface area (Å²) >= 11 is 0. The predicted molar refractivity (Wildman–Crippen MR) is 114 cm³/mol. The largest absolute Gasteiger partial charge is 0.383 e. The van der Waals surface area contributed by atoms with Crippen LogP contribution in [0.15, 0.2) is 59.8 Å². The average molecular weight is 405 g/mol. The van der Waals surface area contributed by atoms with Crippen molar-refractivity contribution in [3.8, 4) is 16.9 Å². The first-order valence-electron chi connectivity index (χ1n) is 9.72. The zero-order valence-electron chi connectivity index (χ0n) is 16.7. The van der Waals surface area contributed by atoms with Gasteiger partial charge >= 0.3 is 0 Å². The third kappa shape index (κ3) is 3.77. The molecule has 8 heteroatoms. The highest BCUT2D eigenvalue weighted by molar-refractivity contribution is 5.84. The van der Waals surface area contributed by atoms with E-state index in [-0.39, 0.29) is 18.0 Å². The standard InChI is InChI=1S/C22H23N5O3/c1-13(2)20(28)21(29)24-10-14-4-3-5-16(8-14)27-22(30)17(12-25-27)19-9-15-11-23-7-6-18(15)26-19/h3-9,11-13,20,25-26,28H,10H2,1-2H3,(H,24,29)/t20-/m1/s1. The minimum absolute atomic E-state index is 0.160. The summed E-state index contributed by atoms with van der Waals surface area (Å²) < 4.78 is 1.45. The fourth-order valence-electron chi connectivity index (χ4n) is 3.27. The Morgan fingerprint density at radius 1 is 1.27 bits per heavy atom. The number of benzene rings is 1. The van der Waals surface area contributed by atoms with Crippen LogP contribution in [-0.4, -0.2) is 36.9 Å². The first-order chi connectivity index (χ1) is 14.4. The van der Waals surface area contributed by atoms with Gasteiger partial charge in [-0.05, 0) is 35.7 Å². The van der Waals surface area contributed by atoms with E-state index in [1.165, 1.54) is 4.68 Å². The molecule has 0 bridgehead atoms. The molecular weight excluding hydrogens is 382 g/mol. The van der Waals surface area contributed by atoms with E-state index in [9.17, 15) is 14.7 Å². The predicted octanol–water partition coefficient (Wildman–Crippen LogP) is 2.34. The van der Waals surface area contributed by atoms with Gasteiger partial charge in [-0.2, -0.15) is 0 Å². The summed E-state index contributed by atoms with van der Waals surface area (Å²) in [5, 5.41) is 16.5. The van der Waals surface area contributed by atoms with Crippen LogP contribution in [0.25, 0.3) is 27.8 Å². The number of H-pyrrole nitrogens is 2. The molecule has 1 amide bonds. The Labute approximate surface area is 172 Å². The van der Waals surface area contributed by atoms with Crippen LogP contribution in [0.1, 0.15) is 19.4 Å².